The van der Waals surface area contributed by atoms with Crippen LogP contribution in [0.5, 0.6) is 5.75 Å². The molecular formula is C26H25FO2. The van der Waals surface area contributed by atoms with E-state index in [0.29, 0.717) is 23.8 Å². The van der Waals surface area contributed by atoms with Crippen LogP contribution in [0.1, 0.15) is 60.8 Å². The predicted molar refractivity (Wildman–Crippen MR) is 110 cm³/mol. The van der Waals surface area contributed by atoms with E-state index in [4.69, 9.17) is 0 Å². The van der Waals surface area contributed by atoms with E-state index in [2.05, 4.69) is 11.8 Å². The molecule has 1 N–H and O–H groups in total. The van der Waals surface area contributed by atoms with E-state index >= 15 is 0 Å². The first kappa shape index (κ1) is 18.4. The largest absolute Gasteiger partial charge is 0.507 e. The topological polar surface area (TPSA) is 37.3 Å². The molecule has 29 heavy (non-hydrogen) atoms. The van der Waals surface area contributed by atoms with Crippen LogP contribution in [0.4, 0.5) is 4.39 Å². The molecule has 0 spiro atoms. The fourth-order valence-corrected chi connectivity index (χ4v) is 6.12. The average Bonchev–Trinajstić information content (AvgIpc) is 2.96. The van der Waals surface area contributed by atoms with Crippen LogP contribution in [0.25, 0.3) is 0 Å². The molecule has 3 aliphatic rings. The minimum absolute atomic E-state index is 0.129. The van der Waals surface area contributed by atoms with E-state index in [1.807, 2.05) is 49.4 Å². The normalized spacial score (nSPS) is 32.6. The Labute approximate surface area is 171 Å². The monoisotopic (exact) mass is 388 g/mol. The van der Waals surface area contributed by atoms with Crippen molar-refractivity contribution < 1.29 is 14.3 Å². The molecule has 3 aliphatic carbocycles. The van der Waals surface area contributed by atoms with E-state index in [0.717, 1.165) is 31.2 Å². The number of aryl methyl sites for hydroxylation is 1. The number of carbonyl (C=O) groups is 1. The number of fused-ring (bicyclic) bond motifs is 5. The van der Waals surface area contributed by atoms with Crippen LogP contribution < -0.4 is 0 Å². The van der Waals surface area contributed by atoms with E-state index in [-0.39, 0.29) is 17.5 Å². The first-order valence-electron chi connectivity index (χ1n) is 10.6. The van der Waals surface area contributed by atoms with Gasteiger partial charge in [0, 0.05) is 11.0 Å². The molecule has 0 amide bonds. The van der Waals surface area contributed by atoms with Gasteiger partial charge in [0.25, 0.3) is 0 Å². The zero-order chi connectivity index (χ0) is 20.2. The van der Waals surface area contributed by atoms with Crippen LogP contribution >= 0.6 is 0 Å². The van der Waals surface area contributed by atoms with Gasteiger partial charge in [0.2, 0.25) is 0 Å². The van der Waals surface area contributed by atoms with Gasteiger partial charge in [-0.25, -0.2) is 4.39 Å². The van der Waals surface area contributed by atoms with Crippen LogP contribution in [0.15, 0.2) is 42.5 Å². The highest BCUT2D eigenvalue weighted by Crippen LogP contribution is 2.60. The lowest BCUT2D eigenvalue weighted by atomic mass is 9.55. The molecule has 5 rings (SSSR count). The summed E-state index contributed by atoms with van der Waals surface area (Å²) in [6, 6.07) is 13.7. The van der Waals surface area contributed by atoms with Crippen molar-refractivity contribution in [3.8, 4) is 17.6 Å². The molecule has 148 valence electrons. The van der Waals surface area contributed by atoms with Gasteiger partial charge < -0.3 is 5.11 Å². The number of halogens is 1. The van der Waals surface area contributed by atoms with E-state index < -0.39 is 11.6 Å². The van der Waals surface area contributed by atoms with Crippen LogP contribution in [0.3, 0.4) is 0 Å². The number of phenols is 1. The summed E-state index contributed by atoms with van der Waals surface area (Å²) < 4.78 is 14.3. The lowest BCUT2D eigenvalue weighted by Crippen LogP contribution is -2.42. The summed E-state index contributed by atoms with van der Waals surface area (Å²) in [5.41, 5.74) is 3.49. The van der Waals surface area contributed by atoms with E-state index in [9.17, 15) is 14.3 Å². The first-order chi connectivity index (χ1) is 14.0. The van der Waals surface area contributed by atoms with Gasteiger partial charge in [-0.3, -0.25) is 4.79 Å². The summed E-state index contributed by atoms with van der Waals surface area (Å²) in [5, 5.41) is 10.5. The Morgan fingerprint density at radius 1 is 1.14 bits per heavy atom. The first-order valence-corrected chi connectivity index (χ1v) is 10.6. The Morgan fingerprint density at radius 2 is 1.93 bits per heavy atom. The van der Waals surface area contributed by atoms with Gasteiger partial charge in [0.1, 0.15) is 5.75 Å². The molecule has 2 saturated carbocycles. The molecule has 0 aliphatic heterocycles. The van der Waals surface area contributed by atoms with Crippen LogP contribution in [0.2, 0.25) is 0 Å². The van der Waals surface area contributed by atoms with Crippen LogP contribution in [0, 0.1) is 29.1 Å². The summed E-state index contributed by atoms with van der Waals surface area (Å²) >= 11 is 0. The number of aromatic hydroxyl groups is 1. The quantitative estimate of drug-likeness (QED) is 0.633. The number of hydrogen-bond donors (Lipinski definition) is 1. The molecule has 0 saturated heterocycles. The number of phenolic OH excluding ortho intramolecular Hbond substituents is 1. The summed E-state index contributed by atoms with van der Waals surface area (Å²) in [6.45, 7) is 1.99. The van der Waals surface area contributed by atoms with Crippen molar-refractivity contribution in [1.82, 2.24) is 0 Å². The number of alkyl halides is 1. The van der Waals surface area contributed by atoms with Crippen molar-refractivity contribution in [1.29, 1.82) is 0 Å². The Bertz CT molecular complexity index is 1030. The molecule has 3 heteroatoms. The molecule has 2 aromatic rings. The standard InChI is InChI=1S/C26H25FO2/c1-26-12-11-19-20(22(26)15-23(27)25(26)29)10-9-17-14-24(28)18(13-21(17)19)8-7-16-5-3-2-4-6-16/h2-6,13-14,19-20,22-23,28H,9-12,15H2,1H3/t19-,20+,22-,23-,26-/m0/s1. The third kappa shape index (κ3) is 2.89. The van der Waals surface area contributed by atoms with Crippen molar-refractivity contribution in [3.63, 3.8) is 0 Å². The molecule has 2 nitrogen and oxygen atoms in total. The molecular weight excluding hydrogens is 363 g/mol. The molecule has 5 atom stereocenters. The third-order valence-electron chi connectivity index (χ3n) is 7.65. The van der Waals surface area contributed by atoms with E-state index in [1.165, 1.54) is 11.1 Å². The second-order valence-electron chi connectivity index (χ2n) is 9.12. The predicted octanol–water partition coefficient (Wildman–Crippen LogP) is 5.17. The Kier molecular flexibility index (Phi) is 4.28. The van der Waals surface area contributed by atoms with Gasteiger partial charge in [-0.05, 0) is 85.3 Å². The van der Waals surface area contributed by atoms with Crippen LogP contribution in [-0.2, 0) is 11.2 Å². The van der Waals surface area contributed by atoms with Crippen LogP contribution in [-0.4, -0.2) is 17.1 Å². The SMILES string of the molecule is C[C@]12CC[C@@H]3c4cc(C#Cc5ccccc5)c(O)cc4CC[C@H]3[C@@H]1C[C@H](F)C2=O. The van der Waals surface area contributed by atoms with Crippen molar-refractivity contribution in [2.24, 2.45) is 17.3 Å². The number of rotatable bonds is 0. The van der Waals surface area contributed by atoms with Gasteiger partial charge in [0.05, 0.1) is 5.56 Å². The number of Topliss-reactive ketones (excluding diaryl/α,β-unsaturated/α-hetero) is 1. The molecule has 0 aromatic heterocycles. The molecule has 0 heterocycles. The highest BCUT2D eigenvalue weighted by molar-refractivity contribution is 5.91. The highest BCUT2D eigenvalue weighted by atomic mass is 19.1. The highest BCUT2D eigenvalue weighted by Gasteiger charge is 2.58. The van der Waals surface area contributed by atoms with Gasteiger partial charge in [-0.15, -0.1) is 0 Å². The molecule has 0 unspecified atom stereocenters. The van der Waals surface area contributed by atoms with Crippen molar-refractivity contribution in [3.05, 3.63) is 64.7 Å². The second kappa shape index (κ2) is 6.73. The Balaban J connectivity index is 1.50. The summed E-state index contributed by atoms with van der Waals surface area (Å²) in [4.78, 5) is 12.5. The van der Waals surface area contributed by atoms with Crippen molar-refractivity contribution in [2.75, 3.05) is 0 Å². The van der Waals surface area contributed by atoms with E-state index in [1.54, 1.807) is 0 Å². The Morgan fingerprint density at radius 3 is 2.72 bits per heavy atom. The summed E-state index contributed by atoms with van der Waals surface area (Å²) in [7, 11) is 0. The maximum absolute atomic E-state index is 14.3. The lowest BCUT2D eigenvalue weighted by Gasteiger charge is -2.48. The third-order valence-corrected chi connectivity index (χ3v) is 7.65. The molecule has 0 bridgehead atoms. The number of benzene rings is 2. The molecule has 2 fully saturated rings. The zero-order valence-corrected chi connectivity index (χ0v) is 16.6. The zero-order valence-electron chi connectivity index (χ0n) is 16.6. The van der Waals surface area contributed by atoms with Gasteiger partial charge in [-0.1, -0.05) is 37.0 Å². The van der Waals surface area contributed by atoms with Crippen molar-refractivity contribution in [2.45, 2.75) is 51.1 Å². The minimum atomic E-state index is -1.29. The number of hydrogen-bond acceptors (Lipinski definition) is 2. The maximum Gasteiger partial charge on any atom is 0.173 e. The maximum atomic E-state index is 14.3. The Hall–Kier alpha value is -2.60. The second-order valence-corrected chi connectivity index (χ2v) is 9.12. The minimum Gasteiger partial charge on any atom is -0.507 e. The van der Waals surface area contributed by atoms with Crippen molar-refractivity contribution >= 4 is 5.78 Å². The number of ketones is 1. The van der Waals surface area contributed by atoms with Gasteiger partial charge >= 0.3 is 0 Å². The van der Waals surface area contributed by atoms with Gasteiger partial charge in [-0.2, -0.15) is 0 Å². The number of carbonyl (C=O) groups excluding carboxylic acids is 1. The molecule has 2 aromatic carbocycles. The van der Waals surface area contributed by atoms with Gasteiger partial charge in [0.15, 0.2) is 12.0 Å². The summed E-state index contributed by atoms with van der Waals surface area (Å²) in [5.74, 6) is 7.11. The smallest absolute Gasteiger partial charge is 0.173 e. The fraction of sp³-hybridized carbons (Fsp3) is 0.423. The average molecular weight is 388 g/mol. The molecule has 0 radical (unpaired) electrons. The fourth-order valence-electron chi connectivity index (χ4n) is 6.12. The lowest BCUT2D eigenvalue weighted by molar-refractivity contribution is -0.132. The summed E-state index contributed by atoms with van der Waals surface area (Å²) in [6.07, 6.45) is 2.57.